The summed E-state index contributed by atoms with van der Waals surface area (Å²) in [5, 5.41) is 12.0. The van der Waals surface area contributed by atoms with Gasteiger partial charge in [0.25, 0.3) is 0 Å². The van der Waals surface area contributed by atoms with Gasteiger partial charge < -0.3 is 15.2 Å². The van der Waals surface area contributed by atoms with E-state index in [1.165, 1.54) is 0 Å². The Morgan fingerprint density at radius 2 is 2.00 bits per heavy atom. The highest BCUT2D eigenvalue weighted by Gasteiger charge is 2.18. The first-order chi connectivity index (χ1) is 6.76. The lowest BCUT2D eigenvalue weighted by Crippen LogP contribution is -2.37. The topological polar surface area (TPSA) is 58.6 Å². The van der Waals surface area contributed by atoms with Gasteiger partial charge in [0.2, 0.25) is 0 Å². The Morgan fingerprint density at radius 3 is 2.33 bits per heavy atom. The van der Waals surface area contributed by atoms with E-state index in [4.69, 9.17) is 4.74 Å². The molecule has 0 radical (unpaired) electrons. The third-order valence-corrected chi connectivity index (χ3v) is 2.11. The van der Waals surface area contributed by atoms with Crippen LogP contribution in [0.4, 0.5) is 4.79 Å². The quantitative estimate of drug-likeness (QED) is 0.756. The summed E-state index contributed by atoms with van der Waals surface area (Å²) in [6.07, 6.45) is -0.0143. The summed E-state index contributed by atoms with van der Waals surface area (Å²) < 4.78 is 5.08. The van der Waals surface area contributed by atoms with E-state index in [0.717, 1.165) is 6.42 Å². The highest BCUT2D eigenvalue weighted by atomic mass is 16.6. The van der Waals surface area contributed by atoms with Gasteiger partial charge in [0.05, 0.1) is 6.10 Å². The van der Waals surface area contributed by atoms with Crippen molar-refractivity contribution in [3.05, 3.63) is 0 Å². The number of hydrogen-bond donors (Lipinski definition) is 2. The molecular formula is C11H23NO3. The minimum atomic E-state index is -0.476. The van der Waals surface area contributed by atoms with Crippen LogP contribution in [0.5, 0.6) is 0 Å². The molecule has 0 spiro atoms. The van der Waals surface area contributed by atoms with Crippen LogP contribution in [0.3, 0.4) is 0 Å². The molecule has 0 fully saturated rings. The van der Waals surface area contributed by atoms with Crippen LogP contribution in [0, 0.1) is 5.92 Å². The van der Waals surface area contributed by atoms with Crippen molar-refractivity contribution in [2.45, 2.75) is 52.7 Å². The molecule has 0 heterocycles. The Kier molecular flexibility index (Phi) is 5.65. The average molecular weight is 217 g/mol. The highest BCUT2D eigenvalue weighted by Crippen LogP contribution is 2.09. The summed E-state index contributed by atoms with van der Waals surface area (Å²) in [5.41, 5.74) is -0.476. The first kappa shape index (κ1) is 14.2. The second-order valence-corrected chi connectivity index (χ2v) is 4.79. The molecule has 0 saturated heterocycles. The summed E-state index contributed by atoms with van der Waals surface area (Å²) in [6.45, 7) is 9.61. The Labute approximate surface area is 92.0 Å². The predicted octanol–water partition coefficient (Wildman–Crippen LogP) is 1.92. The van der Waals surface area contributed by atoms with Crippen LogP contribution in [0.1, 0.15) is 41.0 Å². The van der Waals surface area contributed by atoms with E-state index in [2.05, 4.69) is 5.32 Å². The molecule has 2 atom stereocenters. The zero-order valence-corrected chi connectivity index (χ0v) is 10.3. The zero-order valence-electron chi connectivity index (χ0n) is 10.3. The van der Waals surface area contributed by atoms with E-state index in [0.29, 0.717) is 6.54 Å². The Hall–Kier alpha value is -0.770. The van der Waals surface area contributed by atoms with Crippen LogP contribution in [0.25, 0.3) is 0 Å². The van der Waals surface area contributed by atoms with Gasteiger partial charge >= 0.3 is 6.09 Å². The van der Waals surface area contributed by atoms with Gasteiger partial charge in [-0.3, -0.25) is 0 Å². The first-order valence-electron chi connectivity index (χ1n) is 5.41. The number of aliphatic hydroxyl groups is 1. The molecule has 4 nitrogen and oxygen atoms in total. The third-order valence-electron chi connectivity index (χ3n) is 2.11. The maximum atomic E-state index is 11.3. The molecule has 0 aliphatic rings. The Bertz CT molecular complexity index is 196. The molecule has 4 heteroatoms. The summed E-state index contributed by atoms with van der Waals surface area (Å²) in [6, 6.07) is 0. The van der Waals surface area contributed by atoms with Crippen molar-refractivity contribution in [3.8, 4) is 0 Å². The number of carbonyl (C=O) groups is 1. The molecule has 0 saturated carbocycles. The molecule has 90 valence electrons. The van der Waals surface area contributed by atoms with Crippen molar-refractivity contribution in [2.24, 2.45) is 5.92 Å². The maximum Gasteiger partial charge on any atom is 0.407 e. The Balaban J connectivity index is 3.89. The van der Waals surface area contributed by atoms with Crippen molar-refractivity contribution in [1.82, 2.24) is 5.32 Å². The minimum Gasteiger partial charge on any atom is -0.444 e. The van der Waals surface area contributed by atoms with Crippen molar-refractivity contribution in [1.29, 1.82) is 0 Å². The lowest BCUT2D eigenvalue weighted by atomic mass is 10.0. The van der Waals surface area contributed by atoms with Crippen molar-refractivity contribution < 1.29 is 14.6 Å². The Morgan fingerprint density at radius 1 is 1.47 bits per heavy atom. The maximum absolute atomic E-state index is 11.3. The molecule has 0 aliphatic carbocycles. The predicted molar refractivity (Wildman–Crippen MR) is 59.7 cm³/mol. The molecule has 0 aromatic carbocycles. The number of carbonyl (C=O) groups excluding carboxylic acids is 1. The lowest BCUT2D eigenvalue weighted by Gasteiger charge is -2.22. The first-order valence-corrected chi connectivity index (χ1v) is 5.41. The average Bonchev–Trinajstić information content (AvgIpc) is 2.01. The van der Waals surface area contributed by atoms with Crippen LogP contribution in [-0.2, 0) is 4.74 Å². The van der Waals surface area contributed by atoms with E-state index < -0.39 is 17.8 Å². The molecule has 2 N–H and O–H groups in total. The number of nitrogens with one attached hydrogen (secondary N) is 1. The van der Waals surface area contributed by atoms with Gasteiger partial charge in [0, 0.05) is 12.5 Å². The van der Waals surface area contributed by atoms with Crippen LogP contribution in [0.15, 0.2) is 0 Å². The summed E-state index contributed by atoms with van der Waals surface area (Å²) >= 11 is 0. The fraction of sp³-hybridized carbons (Fsp3) is 0.909. The van der Waals surface area contributed by atoms with Crippen LogP contribution in [0.2, 0.25) is 0 Å². The third kappa shape index (κ3) is 7.19. The molecule has 0 aliphatic heterocycles. The van der Waals surface area contributed by atoms with Gasteiger partial charge in [0.15, 0.2) is 0 Å². The number of amides is 1. The smallest absolute Gasteiger partial charge is 0.407 e. The van der Waals surface area contributed by atoms with E-state index >= 15 is 0 Å². The van der Waals surface area contributed by atoms with Gasteiger partial charge in [0.1, 0.15) is 5.60 Å². The van der Waals surface area contributed by atoms with Gasteiger partial charge in [-0.25, -0.2) is 4.79 Å². The molecule has 1 unspecified atom stereocenters. The second kappa shape index (κ2) is 5.95. The monoisotopic (exact) mass is 217 g/mol. The van der Waals surface area contributed by atoms with Gasteiger partial charge in [-0.1, -0.05) is 6.92 Å². The van der Waals surface area contributed by atoms with Crippen molar-refractivity contribution >= 4 is 6.09 Å². The second-order valence-electron chi connectivity index (χ2n) is 4.79. The molecule has 0 bridgehead atoms. The van der Waals surface area contributed by atoms with E-state index in [9.17, 15) is 9.90 Å². The molecule has 15 heavy (non-hydrogen) atoms. The fourth-order valence-electron chi connectivity index (χ4n) is 1.18. The number of alkyl carbamates (subject to hydrolysis) is 1. The summed E-state index contributed by atoms with van der Waals surface area (Å²) in [4.78, 5) is 11.3. The molecular weight excluding hydrogens is 194 g/mol. The van der Waals surface area contributed by atoms with Crippen LogP contribution in [-0.4, -0.2) is 29.4 Å². The van der Waals surface area contributed by atoms with E-state index in [-0.39, 0.29) is 5.92 Å². The standard InChI is InChI=1S/C11H23NO3/c1-6-9(8(2)13)7-12-10(14)15-11(3,4)5/h8-9,13H,6-7H2,1-5H3,(H,12,14)/t8?,9-/m0/s1. The SMILES string of the molecule is CC[C@@H](CNC(=O)OC(C)(C)C)C(C)O. The number of aliphatic hydroxyl groups excluding tert-OH is 1. The molecule has 0 rings (SSSR count). The van der Waals surface area contributed by atoms with Crippen molar-refractivity contribution in [3.63, 3.8) is 0 Å². The van der Waals surface area contributed by atoms with Crippen LogP contribution < -0.4 is 5.32 Å². The number of rotatable bonds is 4. The largest absolute Gasteiger partial charge is 0.444 e. The molecule has 0 aromatic rings. The lowest BCUT2D eigenvalue weighted by molar-refractivity contribution is 0.0492. The molecule has 1 amide bonds. The summed E-state index contributed by atoms with van der Waals surface area (Å²) in [5.74, 6) is 0.0810. The van der Waals surface area contributed by atoms with Crippen LogP contribution >= 0.6 is 0 Å². The number of ether oxygens (including phenoxy) is 1. The number of hydrogen-bond acceptors (Lipinski definition) is 3. The summed E-state index contributed by atoms with van der Waals surface area (Å²) in [7, 11) is 0. The van der Waals surface area contributed by atoms with E-state index in [1.54, 1.807) is 6.92 Å². The van der Waals surface area contributed by atoms with Gasteiger partial charge in [-0.05, 0) is 34.1 Å². The molecule has 0 aromatic heterocycles. The van der Waals surface area contributed by atoms with Gasteiger partial charge in [-0.2, -0.15) is 0 Å². The van der Waals surface area contributed by atoms with Gasteiger partial charge in [-0.15, -0.1) is 0 Å². The van der Waals surface area contributed by atoms with Crippen molar-refractivity contribution in [2.75, 3.05) is 6.54 Å². The van der Waals surface area contributed by atoms with E-state index in [1.807, 2.05) is 27.7 Å². The highest BCUT2D eigenvalue weighted by molar-refractivity contribution is 5.67. The minimum absolute atomic E-state index is 0.0810. The normalized spacial score (nSPS) is 15.6. The fourth-order valence-corrected chi connectivity index (χ4v) is 1.18. The zero-order chi connectivity index (χ0) is 12.1.